The average molecular weight is 280 g/mol. The summed E-state index contributed by atoms with van der Waals surface area (Å²) in [5.74, 6) is 0.236. The topological polar surface area (TPSA) is 90.2 Å². The van der Waals surface area contributed by atoms with Gasteiger partial charge in [0.25, 0.3) is 0 Å². The van der Waals surface area contributed by atoms with Crippen molar-refractivity contribution in [2.45, 2.75) is 13.5 Å². The summed E-state index contributed by atoms with van der Waals surface area (Å²) in [6, 6.07) is 4.74. The van der Waals surface area contributed by atoms with Gasteiger partial charge in [-0.25, -0.2) is 0 Å². The molecule has 19 heavy (non-hydrogen) atoms. The minimum absolute atomic E-state index is 0.0557. The summed E-state index contributed by atoms with van der Waals surface area (Å²) in [6.07, 6.45) is 0. The van der Waals surface area contributed by atoms with Crippen molar-refractivity contribution < 1.29 is 9.66 Å². The zero-order valence-corrected chi connectivity index (χ0v) is 11.2. The monoisotopic (exact) mass is 280 g/mol. The van der Waals surface area contributed by atoms with E-state index in [0.717, 1.165) is 10.6 Å². The van der Waals surface area contributed by atoms with Crippen molar-refractivity contribution in [3.8, 4) is 5.75 Å². The predicted octanol–water partition coefficient (Wildman–Crippen LogP) is 2.38. The molecule has 0 radical (unpaired) electrons. The highest BCUT2D eigenvalue weighted by molar-refractivity contribution is 7.10. The third-order valence-corrected chi connectivity index (χ3v) is 3.24. The van der Waals surface area contributed by atoms with Crippen molar-refractivity contribution in [2.75, 3.05) is 12.4 Å². The van der Waals surface area contributed by atoms with Crippen LogP contribution in [0, 0.1) is 17.0 Å². The summed E-state index contributed by atoms with van der Waals surface area (Å²) in [5, 5.41) is 18.5. The van der Waals surface area contributed by atoms with Crippen LogP contribution in [0.4, 0.5) is 10.7 Å². The van der Waals surface area contributed by atoms with E-state index in [9.17, 15) is 10.1 Å². The van der Waals surface area contributed by atoms with Gasteiger partial charge >= 0.3 is 5.69 Å². The van der Waals surface area contributed by atoms with Crippen molar-refractivity contribution in [1.82, 2.24) is 9.59 Å². The molecule has 0 aliphatic rings. The van der Waals surface area contributed by atoms with Crippen LogP contribution in [0.15, 0.2) is 18.2 Å². The fraction of sp³-hybridized carbons (Fsp3) is 0.273. The summed E-state index contributed by atoms with van der Waals surface area (Å²) < 4.78 is 9.28. The zero-order chi connectivity index (χ0) is 13.8. The molecule has 1 aromatic heterocycles. The van der Waals surface area contributed by atoms with Crippen molar-refractivity contribution in [3.05, 3.63) is 39.6 Å². The Labute approximate surface area is 113 Å². The Bertz CT molecular complexity index is 599. The molecule has 2 aromatic rings. The Balaban J connectivity index is 2.19. The first kappa shape index (κ1) is 13.2. The van der Waals surface area contributed by atoms with Crippen LogP contribution in [0.2, 0.25) is 0 Å². The molecule has 7 nitrogen and oxygen atoms in total. The molecule has 2 rings (SSSR count). The smallest absolute Gasteiger partial charge is 0.310 e. The lowest BCUT2D eigenvalue weighted by molar-refractivity contribution is -0.386. The molecule has 0 amide bonds. The van der Waals surface area contributed by atoms with Crippen LogP contribution in [0.25, 0.3) is 0 Å². The van der Waals surface area contributed by atoms with Gasteiger partial charge in [-0.2, -0.15) is 0 Å². The third kappa shape index (κ3) is 2.97. The number of nitrogens with zero attached hydrogens (tertiary/aromatic N) is 3. The minimum atomic E-state index is -0.465. The molecule has 0 spiro atoms. The van der Waals surface area contributed by atoms with Crippen molar-refractivity contribution in [3.63, 3.8) is 0 Å². The number of hydrogen-bond donors (Lipinski definition) is 1. The number of aromatic nitrogens is 2. The second-order valence-electron chi connectivity index (χ2n) is 3.82. The predicted molar refractivity (Wildman–Crippen MR) is 71.6 cm³/mol. The van der Waals surface area contributed by atoms with Gasteiger partial charge in [0.15, 0.2) is 5.75 Å². The lowest BCUT2D eigenvalue weighted by atomic mass is 10.2. The molecule has 0 atom stereocenters. The Morgan fingerprint density at radius 1 is 1.53 bits per heavy atom. The van der Waals surface area contributed by atoms with Gasteiger partial charge in [0.2, 0.25) is 0 Å². The van der Waals surface area contributed by atoms with E-state index in [4.69, 9.17) is 4.74 Å². The maximum Gasteiger partial charge on any atom is 0.310 e. The lowest BCUT2D eigenvalue weighted by Gasteiger charge is -2.06. The van der Waals surface area contributed by atoms with E-state index < -0.39 is 4.92 Å². The largest absolute Gasteiger partial charge is 0.480 e. The van der Waals surface area contributed by atoms with Gasteiger partial charge in [0, 0.05) is 24.6 Å². The second kappa shape index (κ2) is 5.61. The quantitative estimate of drug-likeness (QED) is 0.668. The fourth-order valence-electron chi connectivity index (χ4n) is 1.53. The Hall–Kier alpha value is -2.22. The SMILES string of the molecule is CNc1snnc1COc1cc(C)ccc1[N+](=O)[O-]. The first-order valence-corrected chi connectivity index (χ1v) is 6.26. The number of anilines is 1. The van der Waals surface area contributed by atoms with Crippen LogP contribution < -0.4 is 10.1 Å². The van der Waals surface area contributed by atoms with Gasteiger partial charge in [-0.05, 0) is 18.6 Å². The number of nitrogens with one attached hydrogen (secondary N) is 1. The highest BCUT2D eigenvalue weighted by Gasteiger charge is 2.16. The first-order chi connectivity index (χ1) is 9.11. The van der Waals surface area contributed by atoms with E-state index in [1.54, 1.807) is 19.2 Å². The molecule has 1 aromatic carbocycles. The summed E-state index contributed by atoms with van der Waals surface area (Å²) in [6.45, 7) is 1.98. The Morgan fingerprint density at radius 3 is 3.00 bits per heavy atom. The van der Waals surface area contributed by atoms with Crippen LogP contribution in [0.3, 0.4) is 0 Å². The van der Waals surface area contributed by atoms with Gasteiger partial charge in [0.1, 0.15) is 17.3 Å². The molecule has 0 bridgehead atoms. The summed E-state index contributed by atoms with van der Waals surface area (Å²) in [5.41, 5.74) is 1.47. The number of aryl methyl sites for hydroxylation is 1. The van der Waals surface area contributed by atoms with Crippen LogP contribution in [-0.2, 0) is 6.61 Å². The first-order valence-electron chi connectivity index (χ1n) is 5.48. The lowest BCUT2D eigenvalue weighted by Crippen LogP contribution is -2.02. The molecule has 0 saturated carbocycles. The molecule has 0 aliphatic heterocycles. The van der Waals surface area contributed by atoms with Gasteiger partial charge in [0.05, 0.1) is 4.92 Å². The Kier molecular flexibility index (Phi) is 3.91. The number of benzene rings is 1. The van der Waals surface area contributed by atoms with E-state index in [1.807, 2.05) is 6.92 Å². The van der Waals surface area contributed by atoms with Gasteiger partial charge in [-0.15, -0.1) is 5.10 Å². The van der Waals surface area contributed by atoms with E-state index in [2.05, 4.69) is 14.9 Å². The standard InChI is InChI=1S/C11H12N4O3S/c1-7-3-4-9(15(16)17)10(5-7)18-6-8-11(12-2)19-14-13-8/h3-5,12H,6H2,1-2H3. The molecule has 0 aliphatic carbocycles. The summed E-state index contributed by atoms with van der Waals surface area (Å²) in [4.78, 5) is 10.4. The minimum Gasteiger partial charge on any atom is -0.480 e. The average Bonchev–Trinajstić information content (AvgIpc) is 2.83. The summed E-state index contributed by atoms with van der Waals surface area (Å²) >= 11 is 1.21. The molecule has 100 valence electrons. The number of nitro groups is 1. The highest BCUT2D eigenvalue weighted by atomic mass is 32.1. The highest BCUT2D eigenvalue weighted by Crippen LogP contribution is 2.29. The second-order valence-corrected chi connectivity index (χ2v) is 4.57. The molecular formula is C11H12N4O3S. The van der Waals surface area contributed by atoms with Gasteiger partial charge < -0.3 is 10.1 Å². The van der Waals surface area contributed by atoms with Crippen LogP contribution >= 0.6 is 11.5 Å². The zero-order valence-electron chi connectivity index (χ0n) is 10.4. The van der Waals surface area contributed by atoms with Crippen LogP contribution in [-0.4, -0.2) is 21.6 Å². The van der Waals surface area contributed by atoms with Crippen molar-refractivity contribution >= 4 is 22.2 Å². The number of nitro benzene ring substituents is 1. The maximum absolute atomic E-state index is 10.9. The Morgan fingerprint density at radius 2 is 2.32 bits per heavy atom. The normalized spacial score (nSPS) is 10.2. The number of hydrogen-bond acceptors (Lipinski definition) is 7. The molecule has 0 saturated heterocycles. The van der Waals surface area contributed by atoms with Gasteiger partial charge in [-0.3, -0.25) is 10.1 Å². The van der Waals surface area contributed by atoms with Gasteiger partial charge in [-0.1, -0.05) is 10.6 Å². The number of rotatable bonds is 5. The van der Waals surface area contributed by atoms with Crippen molar-refractivity contribution in [1.29, 1.82) is 0 Å². The fourth-order valence-corrected chi connectivity index (χ4v) is 2.04. The van der Waals surface area contributed by atoms with E-state index in [1.165, 1.54) is 17.6 Å². The maximum atomic E-state index is 10.9. The molecule has 1 N–H and O–H groups in total. The third-order valence-electron chi connectivity index (χ3n) is 2.46. The van der Waals surface area contributed by atoms with E-state index in [-0.39, 0.29) is 18.0 Å². The van der Waals surface area contributed by atoms with Crippen molar-refractivity contribution in [2.24, 2.45) is 0 Å². The van der Waals surface area contributed by atoms with Crippen LogP contribution in [0.5, 0.6) is 5.75 Å². The molecule has 0 unspecified atom stereocenters. The number of ether oxygens (including phenoxy) is 1. The molecule has 1 heterocycles. The van der Waals surface area contributed by atoms with E-state index >= 15 is 0 Å². The van der Waals surface area contributed by atoms with Crippen LogP contribution in [0.1, 0.15) is 11.3 Å². The van der Waals surface area contributed by atoms with E-state index in [0.29, 0.717) is 5.69 Å². The molecule has 0 fully saturated rings. The molecule has 8 heteroatoms. The molecular weight excluding hydrogens is 268 g/mol. The summed E-state index contributed by atoms with van der Waals surface area (Å²) in [7, 11) is 1.76.